The second kappa shape index (κ2) is 11.8. The maximum absolute atomic E-state index is 14.0. The molecule has 3 aromatic heterocycles. The Balaban J connectivity index is 1.88. The Hall–Kier alpha value is -4.43. The van der Waals surface area contributed by atoms with E-state index in [1.807, 2.05) is 19.9 Å². The van der Waals surface area contributed by atoms with E-state index in [0.29, 0.717) is 41.6 Å². The fourth-order valence-corrected chi connectivity index (χ4v) is 5.94. The fourth-order valence-electron chi connectivity index (χ4n) is 4.59. The summed E-state index contributed by atoms with van der Waals surface area (Å²) in [6, 6.07) is 13.3. The highest BCUT2D eigenvalue weighted by Crippen LogP contribution is 2.30. The topological polar surface area (TPSA) is 139 Å². The minimum atomic E-state index is -4.52. The molecule has 40 heavy (non-hydrogen) atoms. The summed E-state index contributed by atoms with van der Waals surface area (Å²) >= 11 is 0. The number of aryl methyl sites for hydroxylation is 1. The lowest BCUT2D eigenvalue weighted by atomic mass is 10.0. The molecule has 4 rings (SSSR count). The van der Waals surface area contributed by atoms with Gasteiger partial charge in [0.15, 0.2) is 4.90 Å². The van der Waals surface area contributed by atoms with Crippen molar-refractivity contribution in [2.24, 2.45) is 0 Å². The zero-order valence-corrected chi connectivity index (χ0v) is 23.1. The largest absolute Gasteiger partial charge is 0.492 e. The van der Waals surface area contributed by atoms with Crippen LogP contribution in [-0.4, -0.2) is 33.0 Å². The second-order valence-corrected chi connectivity index (χ2v) is 11.1. The number of benzene rings is 1. The standard InChI is InChI=1S/C29H28FN5O4S/c1-4-6-10-25-34-28(36)26(29(37)35(25)24(5-2)23-9-7-8-20(17-31)33-23)40(38,39)21-13-11-19(12-14-21)22-15-16-32-27(30)18(22)3/h7-9,11-16,24,36H,4-6,10H2,1-3H3. The summed E-state index contributed by atoms with van der Waals surface area (Å²) in [5.41, 5.74) is 1.05. The molecule has 0 amide bonds. The first-order chi connectivity index (χ1) is 19.1. The molecular weight excluding hydrogens is 533 g/mol. The quantitative estimate of drug-likeness (QED) is 0.285. The van der Waals surface area contributed by atoms with Crippen LogP contribution in [-0.2, 0) is 16.3 Å². The number of halogens is 1. The molecule has 0 aliphatic heterocycles. The number of unbranched alkanes of at least 4 members (excludes halogenated alkanes) is 1. The predicted molar refractivity (Wildman–Crippen MR) is 146 cm³/mol. The van der Waals surface area contributed by atoms with Crippen molar-refractivity contribution in [2.75, 3.05) is 0 Å². The first-order valence-corrected chi connectivity index (χ1v) is 14.3. The molecule has 0 saturated heterocycles. The fraction of sp³-hybridized carbons (Fsp3) is 0.276. The van der Waals surface area contributed by atoms with Crippen molar-refractivity contribution in [3.8, 4) is 23.1 Å². The number of aromatic hydroxyl groups is 1. The summed E-state index contributed by atoms with van der Waals surface area (Å²) in [5.74, 6) is -1.28. The number of sulfone groups is 1. The molecule has 1 N–H and O–H groups in total. The Morgan fingerprint density at radius 2 is 1.82 bits per heavy atom. The van der Waals surface area contributed by atoms with Crippen LogP contribution >= 0.6 is 0 Å². The van der Waals surface area contributed by atoms with Gasteiger partial charge in [-0.3, -0.25) is 9.36 Å². The van der Waals surface area contributed by atoms with Crippen molar-refractivity contribution >= 4 is 9.84 Å². The third-order valence-corrected chi connectivity index (χ3v) is 8.48. The van der Waals surface area contributed by atoms with E-state index in [9.17, 15) is 28.0 Å². The summed E-state index contributed by atoms with van der Waals surface area (Å²) in [5, 5.41) is 20.1. The van der Waals surface area contributed by atoms with Gasteiger partial charge in [-0.2, -0.15) is 14.6 Å². The molecule has 206 valence electrons. The number of nitriles is 1. The van der Waals surface area contributed by atoms with Crippen LogP contribution in [0.4, 0.5) is 4.39 Å². The van der Waals surface area contributed by atoms with Crippen molar-refractivity contribution in [3.05, 3.63) is 93.8 Å². The van der Waals surface area contributed by atoms with Crippen LogP contribution in [0.5, 0.6) is 5.88 Å². The molecule has 0 saturated carbocycles. The highest BCUT2D eigenvalue weighted by atomic mass is 32.2. The normalized spacial score (nSPS) is 12.2. The zero-order chi connectivity index (χ0) is 29.0. The molecule has 0 fully saturated rings. The van der Waals surface area contributed by atoms with Crippen molar-refractivity contribution < 1.29 is 17.9 Å². The van der Waals surface area contributed by atoms with Gasteiger partial charge in [-0.1, -0.05) is 38.5 Å². The second-order valence-electron chi connectivity index (χ2n) is 9.25. The molecule has 1 atom stereocenters. The van der Waals surface area contributed by atoms with Gasteiger partial charge in [0.2, 0.25) is 21.7 Å². The van der Waals surface area contributed by atoms with Gasteiger partial charge in [0.1, 0.15) is 17.6 Å². The monoisotopic (exact) mass is 561 g/mol. The van der Waals surface area contributed by atoms with Crippen LogP contribution in [0.1, 0.15) is 61.9 Å². The van der Waals surface area contributed by atoms with Gasteiger partial charge in [-0.15, -0.1) is 0 Å². The highest BCUT2D eigenvalue weighted by molar-refractivity contribution is 7.91. The molecule has 1 aromatic carbocycles. The first-order valence-electron chi connectivity index (χ1n) is 12.8. The maximum Gasteiger partial charge on any atom is 0.277 e. The molecular formula is C29H28FN5O4S. The van der Waals surface area contributed by atoms with E-state index in [2.05, 4.69) is 15.0 Å². The SMILES string of the molecule is CCCCc1nc(O)c(S(=O)(=O)c2ccc(-c3ccnc(F)c3C)cc2)c(=O)n1C(CC)c1cccc(C#N)n1. The predicted octanol–water partition coefficient (Wildman–Crippen LogP) is 4.90. The number of nitrogens with zero attached hydrogens (tertiary/aromatic N) is 5. The van der Waals surface area contributed by atoms with E-state index >= 15 is 0 Å². The molecule has 1 unspecified atom stereocenters. The molecule has 9 nitrogen and oxygen atoms in total. The molecule has 0 aliphatic rings. The van der Waals surface area contributed by atoms with Gasteiger partial charge in [0, 0.05) is 18.2 Å². The molecule has 11 heteroatoms. The average molecular weight is 562 g/mol. The molecule has 0 aliphatic carbocycles. The van der Waals surface area contributed by atoms with Crippen molar-refractivity contribution in [3.63, 3.8) is 0 Å². The Kier molecular flexibility index (Phi) is 8.40. The molecule has 0 radical (unpaired) electrons. The lowest BCUT2D eigenvalue weighted by molar-refractivity contribution is 0.405. The van der Waals surface area contributed by atoms with Gasteiger partial charge in [0.05, 0.1) is 16.6 Å². The molecule has 4 aromatic rings. The first kappa shape index (κ1) is 28.6. The lowest BCUT2D eigenvalue weighted by Gasteiger charge is -2.22. The van der Waals surface area contributed by atoms with Crippen LogP contribution in [0.2, 0.25) is 0 Å². The van der Waals surface area contributed by atoms with Crippen molar-refractivity contribution in [1.29, 1.82) is 5.26 Å². The van der Waals surface area contributed by atoms with Crippen LogP contribution in [0, 0.1) is 24.2 Å². The lowest BCUT2D eigenvalue weighted by Crippen LogP contribution is -2.34. The maximum atomic E-state index is 14.0. The van der Waals surface area contributed by atoms with Crippen molar-refractivity contribution in [2.45, 2.75) is 62.3 Å². The van der Waals surface area contributed by atoms with E-state index in [4.69, 9.17) is 0 Å². The van der Waals surface area contributed by atoms with E-state index in [1.54, 1.807) is 25.1 Å². The Morgan fingerprint density at radius 1 is 1.10 bits per heavy atom. The molecule has 3 heterocycles. The Morgan fingerprint density at radius 3 is 2.48 bits per heavy atom. The van der Waals surface area contributed by atoms with Crippen LogP contribution in [0.3, 0.4) is 0 Å². The minimum absolute atomic E-state index is 0.156. The van der Waals surface area contributed by atoms with Gasteiger partial charge in [-0.25, -0.2) is 18.4 Å². The number of pyridine rings is 2. The summed E-state index contributed by atoms with van der Waals surface area (Å²) < 4.78 is 42.7. The third kappa shape index (κ3) is 5.35. The number of hydrogen-bond acceptors (Lipinski definition) is 8. The van der Waals surface area contributed by atoms with Gasteiger partial charge < -0.3 is 5.11 Å². The summed E-state index contributed by atoms with van der Waals surface area (Å²) in [6.45, 7) is 5.34. The van der Waals surface area contributed by atoms with Gasteiger partial charge in [-0.05, 0) is 61.2 Å². The van der Waals surface area contributed by atoms with E-state index in [1.165, 1.54) is 41.1 Å². The summed E-state index contributed by atoms with van der Waals surface area (Å²) in [4.78, 5) is 25.0. The zero-order valence-electron chi connectivity index (χ0n) is 22.3. The van der Waals surface area contributed by atoms with Crippen LogP contribution in [0.25, 0.3) is 11.1 Å². The third-order valence-electron chi connectivity index (χ3n) is 6.69. The smallest absolute Gasteiger partial charge is 0.277 e. The van der Waals surface area contributed by atoms with Crippen LogP contribution in [0.15, 0.2) is 69.3 Å². The van der Waals surface area contributed by atoms with E-state index < -0.39 is 38.2 Å². The van der Waals surface area contributed by atoms with Gasteiger partial charge in [0.25, 0.3) is 5.56 Å². The minimum Gasteiger partial charge on any atom is -0.492 e. The summed E-state index contributed by atoms with van der Waals surface area (Å²) in [6.07, 6.45) is 3.42. The molecule has 0 spiro atoms. The summed E-state index contributed by atoms with van der Waals surface area (Å²) in [7, 11) is -4.52. The highest BCUT2D eigenvalue weighted by Gasteiger charge is 2.32. The number of rotatable bonds is 9. The van der Waals surface area contributed by atoms with E-state index in [-0.39, 0.29) is 16.4 Å². The van der Waals surface area contributed by atoms with E-state index in [0.717, 1.165) is 6.42 Å². The Bertz CT molecular complexity index is 1760. The molecule has 0 bridgehead atoms. The van der Waals surface area contributed by atoms with Crippen LogP contribution < -0.4 is 5.56 Å². The number of hydrogen-bond donors (Lipinski definition) is 1. The Labute approximate surface area is 231 Å². The van der Waals surface area contributed by atoms with Crippen molar-refractivity contribution in [1.82, 2.24) is 19.5 Å². The average Bonchev–Trinajstić information content (AvgIpc) is 2.95. The number of aromatic nitrogens is 4. The van der Waals surface area contributed by atoms with Gasteiger partial charge >= 0.3 is 0 Å².